The molecule has 3 N–H and O–H groups in total. The highest BCUT2D eigenvalue weighted by Gasteiger charge is 2.31. The summed E-state index contributed by atoms with van der Waals surface area (Å²) in [5.74, 6) is -1.01. The van der Waals surface area contributed by atoms with Crippen molar-refractivity contribution >= 4 is 33.6 Å². The maximum absolute atomic E-state index is 13.8. The zero-order chi connectivity index (χ0) is 18.0. The Hall–Kier alpha value is -2.67. The summed E-state index contributed by atoms with van der Waals surface area (Å²) in [5, 5.41) is 7.89. The minimum atomic E-state index is -0.631. The number of urea groups is 1. The Morgan fingerprint density at radius 1 is 1.16 bits per heavy atom. The molecule has 0 unspecified atom stereocenters. The zero-order valence-electron chi connectivity index (χ0n) is 13.3. The third kappa shape index (κ3) is 3.71. The average Bonchev–Trinajstić information content (AvgIpc) is 2.57. The molecule has 2 aromatic rings. The first-order valence-corrected chi connectivity index (χ1v) is 8.34. The van der Waals surface area contributed by atoms with Crippen LogP contribution >= 0.6 is 15.9 Å². The van der Waals surface area contributed by atoms with Gasteiger partial charge in [0.25, 0.3) is 5.91 Å². The number of hydrogen-bond acceptors (Lipinski definition) is 2. The van der Waals surface area contributed by atoms with Crippen molar-refractivity contribution < 1.29 is 14.0 Å². The average molecular weight is 404 g/mol. The maximum atomic E-state index is 13.8. The highest BCUT2D eigenvalue weighted by molar-refractivity contribution is 9.10. The molecule has 5 nitrogen and oxygen atoms in total. The van der Waals surface area contributed by atoms with Crippen LogP contribution in [0.3, 0.4) is 0 Å². The predicted molar refractivity (Wildman–Crippen MR) is 96.3 cm³/mol. The number of rotatable bonds is 3. The fraction of sp³-hybridized carbons (Fsp3) is 0.111. The van der Waals surface area contributed by atoms with Crippen molar-refractivity contribution in [3.8, 4) is 0 Å². The Labute approximate surface area is 152 Å². The van der Waals surface area contributed by atoms with E-state index in [1.807, 2.05) is 24.3 Å². The first-order chi connectivity index (χ1) is 12.0. The molecule has 1 aliphatic rings. The van der Waals surface area contributed by atoms with E-state index in [4.69, 9.17) is 0 Å². The van der Waals surface area contributed by atoms with E-state index in [2.05, 4.69) is 31.9 Å². The summed E-state index contributed by atoms with van der Waals surface area (Å²) in [5.41, 5.74) is 1.58. The lowest BCUT2D eigenvalue weighted by molar-refractivity contribution is -0.113. The number of nitrogens with one attached hydrogen (secondary N) is 3. The van der Waals surface area contributed by atoms with Crippen molar-refractivity contribution in [1.29, 1.82) is 0 Å². The van der Waals surface area contributed by atoms with Gasteiger partial charge in [-0.3, -0.25) is 4.79 Å². The van der Waals surface area contributed by atoms with E-state index in [0.29, 0.717) is 11.3 Å². The normalized spacial score (nSPS) is 16.9. The largest absolute Gasteiger partial charge is 0.327 e. The van der Waals surface area contributed by atoms with Crippen LogP contribution in [0.1, 0.15) is 18.5 Å². The first-order valence-electron chi connectivity index (χ1n) is 7.55. The van der Waals surface area contributed by atoms with Crippen LogP contribution in [0.15, 0.2) is 64.3 Å². The molecule has 0 aliphatic carbocycles. The topological polar surface area (TPSA) is 70.2 Å². The van der Waals surface area contributed by atoms with Crippen LogP contribution in [0.4, 0.5) is 14.9 Å². The molecule has 0 fully saturated rings. The fourth-order valence-corrected chi connectivity index (χ4v) is 2.92. The zero-order valence-corrected chi connectivity index (χ0v) is 14.9. The molecule has 0 spiro atoms. The van der Waals surface area contributed by atoms with Crippen molar-refractivity contribution in [3.63, 3.8) is 0 Å². The van der Waals surface area contributed by atoms with Gasteiger partial charge in [-0.15, -0.1) is 0 Å². The number of halogens is 2. The Bertz CT molecular complexity index is 865. The van der Waals surface area contributed by atoms with Crippen molar-refractivity contribution in [2.24, 2.45) is 0 Å². The van der Waals surface area contributed by atoms with E-state index in [9.17, 15) is 14.0 Å². The van der Waals surface area contributed by atoms with E-state index in [1.54, 1.807) is 19.1 Å². The summed E-state index contributed by atoms with van der Waals surface area (Å²) >= 11 is 3.36. The number of para-hydroxylation sites is 1. The molecule has 2 aromatic carbocycles. The lowest BCUT2D eigenvalue weighted by Crippen LogP contribution is -2.46. The van der Waals surface area contributed by atoms with Crippen LogP contribution < -0.4 is 16.0 Å². The van der Waals surface area contributed by atoms with Crippen LogP contribution in [-0.2, 0) is 4.79 Å². The fourth-order valence-electron chi connectivity index (χ4n) is 2.65. The smallest absolute Gasteiger partial charge is 0.319 e. The molecule has 0 aromatic heterocycles. The van der Waals surface area contributed by atoms with Crippen molar-refractivity contribution in [2.45, 2.75) is 13.0 Å². The van der Waals surface area contributed by atoms with Gasteiger partial charge < -0.3 is 16.0 Å². The number of hydrogen-bond donors (Lipinski definition) is 3. The molecule has 3 amide bonds. The van der Waals surface area contributed by atoms with Gasteiger partial charge in [0, 0.05) is 10.2 Å². The second-order valence-corrected chi connectivity index (χ2v) is 6.47. The first kappa shape index (κ1) is 17.2. The van der Waals surface area contributed by atoms with Crippen LogP contribution in [0, 0.1) is 5.82 Å². The summed E-state index contributed by atoms with van der Waals surface area (Å²) in [6.45, 7) is 1.64. The van der Waals surface area contributed by atoms with Gasteiger partial charge in [0.15, 0.2) is 0 Å². The summed E-state index contributed by atoms with van der Waals surface area (Å²) in [7, 11) is 0. The molecule has 1 aliphatic heterocycles. The van der Waals surface area contributed by atoms with Gasteiger partial charge in [0.05, 0.1) is 17.3 Å². The Balaban J connectivity index is 1.96. The molecule has 7 heteroatoms. The van der Waals surface area contributed by atoms with Crippen LogP contribution in [-0.4, -0.2) is 11.9 Å². The van der Waals surface area contributed by atoms with Crippen LogP contribution in [0.2, 0.25) is 0 Å². The molecule has 1 atom stereocenters. The number of carbonyl (C=O) groups excluding carboxylic acids is 2. The summed E-state index contributed by atoms with van der Waals surface area (Å²) in [6, 6.07) is 12.2. The maximum Gasteiger partial charge on any atom is 0.319 e. The predicted octanol–water partition coefficient (Wildman–Crippen LogP) is 3.85. The van der Waals surface area contributed by atoms with Gasteiger partial charge in [0.2, 0.25) is 0 Å². The Morgan fingerprint density at radius 2 is 1.84 bits per heavy atom. The monoisotopic (exact) mass is 403 g/mol. The van der Waals surface area contributed by atoms with Gasteiger partial charge in [-0.1, -0.05) is 40.2 Å². The molecule has 0 saturated heterocycles. The minimum absolute atomic E-state index is 0.0826. The standard InChI is InChI=1S/C18H15BrFN3O2/c1-10-15(17(24)22-14-5-3-2-4-13(14)20)16(23-18(25)21-10)11-6-8-12(19)9-7-11/h2-9,16H,1H3,(H,22,24)(H2,21,23,25)/t16-/m1/s1. The van der Waals surface area contributed by atoms with Gasteiger partial charge in [-0.2, -0.15) is 0 Å². The van der Waals surface area contributed by atoms with Gasteiger partial charge in [-0.05, 0) is 36.8 Å². The molecule has 1 heterocycles. The highest BCUT2D eigenvalue weighted by Crippen LogP contribution is 2.29. The van der Waals surface area contributed by atoms with Crippen molar-refractivity contribution in [3.05, 3.63) is 75.7 Å². The van der Waals surface area contributed by atoms with Gasteiger partial charge in [-0.25, -0.2) is 9.18 Å². The van der Waals surface area contributed by atoms with Crippen molar-refractivity contribution in [1.82, 2.24) is 10.6 Å². The quantitative estimate of drug-likeness (QED) is 0.728. The van der Waals surface area contributed by atoms with Crippen LogP contribution in [0.25, 0.3) is 0 Å². The Morgan fingerprint density at radius 3 is 2.52 bits per heavy atom. The summed E-state index contributed by atoms with van der Waals surface area (Å²) in [6.07, 6.45) is 0. The molecule has 0 bridgehead atoms. The van der Waals surface area contributed by atoms with Gasteiger partial charge >= 0.3 is 6.03 Å². The molecule has 0 saturated carbocycles. The SMILES string of the molecule is CC1=C(C(=O)Nc2ccccc2F)[C@@H](c2ccc(Br)cc2)NC(=O)N1. The minimum Gasteiger partial charge on any atom is -0.327 e. The number of allylic oxidation sites excluding steroid dienone is 1. The molecular formula is C18H15BrFN3O2. The van der Waals surface area contributed by atoms with E-state index in [-0.39, 0.29) is 5.69 Å². The number of anilines is 1. The second-order valence-electron chi connectivity index (χ2n) is 5.56. The molecule has 25 heavy (non-hydrogen) atoms. The highest BCUT2D eigenvalue weighted by atomic mass is 79.9. The lowest BCUT2D eigenvalue weighted by Gasteiger charge is -2.28. The molecule has 0 radical (unpaired) electrons. The van der Waals surface area contributed by atoms with Gasteiger partial charge in [0.1, 0.15) is 5.82 Å². The van der Waals surface area contributed by atoms with Crippen LogP contribution in [0.5, 0.6) is 0 Å². The third-order valence-electron chi connectivity index (χ3n) is 3.84. The molecular weight excluding hydrogens is 389 g/mol. The Kier molecular flexibility index (Phi) is 4.85. The third-order valence-corrected chi connectivity index (χ3v) is 4.37. The molecule has 128 valence electrons. The molecule has 3 rings (SSSR count). The summed E-state index contributed by atoms with van der Waals surface area (Å²) < 4.78 is 14.7. The van der Waals surface area contributed by atoms with E-state index in [0.717, 1.165) is 10.0 Å². The lowest BCUT2D eigenvalue weighted by atomic mass is 9.95. The van der Waals surface area contributed by atoms with E-state index >= 15 is 0 Å². The van der Waals surface area contributed by atoms with Crippen molar-refractivity contribution in [2.75, 3.05) is 5.32 Å². The number of carbonyl (C=O) groups is 2. The number of amides is 3. The van der Waals surface area contributed by atoms with E-state index in [1.165, 1.54) is 12.1 Å². The second kappa shape index (κ2) is 7.06. The number of benzene rings is 2. The summed E-state index contributed by atoms with van der Waals surface area (Å²) in [4.78, 5) is 24.6. The van der Waals surface area contributed by atoms with E-state index < -0.39 is 23.8 Å².